The molecule has 0 spiro atoms. The van der Waals surface area contributed by atoms with Crippen LogP contribution in [0.3, 0.4) is 0 Å². The Morgan fingerprint density at radius 1 is 1.22 bits per heavy atom. The van der Waals surface area contributed by atoms with E-state index in [1.54, 1.807) is 11.0 Å². The summed E-state index contributed by atoms with van der Waals surface area (Å²) in [4.78, 5) is 24.9. The molecule has 122 valence electrons. The third kappa shape index (κ3) is 3.64. The second kappa shape index (κ2) is 6.73. The number of piperidine rings is 1. The Balaban J connectivity index is 1.65. The van der Waals surface area contributed by atoms with Crippen molar-refractivity contribution in [2.75, 3.05) is 26.3 Å². The van der Waals surface area contributed by atoms with Crippen molar-refractivity contribution in [1.82, 2.24) is 4.90 Å². The maximum absolute atomic E-state index is 12.2. The minimum Gasteiger partial charge on any atom is -0.486 e. The van der Waals surface area contributed by atoms with Crippen molar-refractivity contribution in [2.24, 2.45) is 5.92 Å². The molecular weight excluding hydrogens is 298 g/mol. The number of benzene rings is 1. The topological polar surface area (TPSA) is 76.1 Å². The number of likely N-dealkylation sites (tertiary alicyclic amines) is 1. The molecule has 1 N–H and O–H groups in total. The molecule has 6 heteroatoms. The smallest absolute Gasteiger partial charge is 0.308 e. The molecule has 0 radical (unpaired) electrons. The maximum Gasteiger partial charge on any atom is 0.308 e. The first-order valence-corrected chi connectivity index (χ1v) is 7.73. The van der Waals surface area contributed by atoms with E-state index in [0.29, 0.717) is 37.7 Å². The van der Waals surface area contributed by atoms with Gasteiger partial charge in [0.15, 0.2) is 11.5 Å². The fraction of sp³-hybridized carbons (Fsp3) is 0.412. The fourth-order valence-electron chi connectivity index (χ4n) is 2.82. The van der Waals surface area contributed by atoms with Gasteiger partial charge in [-0.05, 0) is 36.6 Å². The molecule has 0 aromatic heterocycles. The van der Waals surface area contributed by atoms with E-state index < -0.39 is 11.9 Å². The van der Waals surface area contributed by atoms with E-state index in [0.717, 1.165) is 12.0 Å². The Labute approximate surface area is 134 Å². The number of nitrogens with zero attached hydrogens (tertiary/aromatic N) is 1. The monoisotopic (exact) mass is 317 g/mol. The van der Waals surface area contributed by atoms with Crippen molar-refractivity contribution in [2.45, 2.75) is 12.8 Å². The highest BCUT2D eigenvalue weighted by molar-refractivity contribution is 5.92. The third-order valence-corrected chi connectivity index (χ3v) is 4.07. The molecule has 1 atom stereocenters. The fourth-order valence-corrected chi connectivity index (χ4v) is 2.82. The first kappa shape index (κ1) is 15.4. The maximum atomic E-state index is 12.2. The summed E-state index contributed by atoms with van der Waals surface area (Å²) < 4.78 is 11.0. The number of carboxylic acids is 1. The molecule has 0 bridgehead atoms. The van der Waals surface area contributed by atoms with E-state index >= 15 is 0 Å². The highest BCUT2D eigenvalue weighted by Gasteiger charge is 2.27. The van der Waals surface area contributed by atoms with Crippen LogP contribution in [0.25, 0.3) is 6.08 Å². The molecule has 2 aliphatic rings. The Morgan fingerprint density at radius 2 is 2.00 bits per heavy atom. The van der Waals surface area contributed by atoms with E-state index in [4.69, 9.17) is 14.6 Å². The minimum atomic E-state index is -0.835. The SMILES string of the molecule is O=C(O)C1CCCN(C(=O)/C=C/c2ccc3c(c2)OCCO3)C1. The van der Waals surface area contributed by atoms with Crippen molar-refractivity contribution in [3.8, 4) is 11.5 Å². The zero-order valence-electron chi connectivity index (χ0n) is 12.7. The Hall–Kier alpha value is -2.50. The number of hydrogen-bond acceptors (Lipinski definition) is 4. The molecule has 0 saturated carbocycles. The molecule has 23 heavy (non-hydrogen) atoms. The van der Waals surface area contributed by atoms with Crippen LogP contribution < -0.4 is 9.47 Å². The lowest BCUT2D eigenvalue weighted by Crippen LogP contribution is -2.41. The molecule has 1 saturated heterocycles. The molecule has 0 aliphatic carbocycles. The van der Waals surface area contributed by atoms with Crippen molar-refractivity contribution in [3.05, 3.63) is 29.8 Å². The van der Waals surface area contributed by atoms with Gasteiger partial charge in [0.1, 0.15) is 13.2 Å². The van der Waals surface area contributed by atoms with Gasteiger partial charge < -0.3 is 19.5 Å². The second-order valence-electron chi connectivity index (χ2n) is 5.70. The van der Waals surface area contributed by atoms with E-state index in [1.807, 2.05) is 18.2 Å². The first-order chi connectivity index (χ1) is 11.1. The lowest BCUT2D eigenvalue weighted by Gasteiger charge is -2.29. The highest BCUT2D eigenvalue weighted by Crippen LogP contribution is 2.31. The van der Waals surface area contributed by atoms with Crippen LogP contribution >= 0.6 is 0 Å². The van der Waals surface area contributed by atoms with Crippen LogP contribution in [-0.4, -0.2) is 48.2 Å². The zero-order chi connectivity index (χ0) is 16.2. The van der Waals surface area contributed by atoms with Gasteiger partial charge in [-0.1, -0.05) is 6.07 Å². The van der Waals surface area contributed by atoms with Gasteiger partial charge in [0, 0.05) is 19.2 Å². The average molecular weight is 317 g/mol. The Morgan fingerprint density at radius 3 is 2.78 bits per heavy atom. The zero-order valence-corrected chi connectivity index (χ0v) is 12.7. The molecule has 1 amide bonds. The van der Waals surface area contributed by atoms with E-state index in [-0.39, 0.29) is 12.5 Å². The van der Waals surface area contributed by atoms with Gasteiger partial charge in [-0.3, -0.25) is 9.59 Å². The largest absolute Gasteiger partial charge is 0.486 e. The van der Waals surface area contributed by atoms with Gasteiger partial charge in [-0.2, -0.15) is 0 Å². The summed E-state index contributed by atoms with van der Waals surface area (Å²) in [6.07, 6.45) is 4.55. The predicted octanol–water partition coefficient (Wildman–Crippen LogP) is 1.79. The van der Waals surface area contributed by atoms with Crippen molar-refractivity contribution < 1.29 is 24.2 Å². The summed E-state index contributed by atoms with van der Waals surface area (Å²) in [5.41, 5.74) is 0.842. The number of aliphatic carboxylic acids is 1. The highest BCUT2D eigenvalue weighted by atomic mass is 16.6. The molecule has 1 fully saturated rings. The van der Waals surface area contributed by atoms with Gasteiger partial charge >= 0.3 is 5.97 Å². The van der Waals surface area contributed by atoms with Crippen molar-refractivity contribution in [3.63, 3.8) is 0 Å². The second-order valence-corrected chi connectivity index (χ2v) is 5.70. The van der Waals surface area contributed by atoms with Gasteiger partial charge in [-0.15, -0.1) is 0 Å². The van der Waals surface area contributed by atoms with Crippen LogP contribution in [0.1, 0.15) is 18.4 Å². The molecule has 3 rings (SSSR count). The van der Waals surface area contributed by atoms with Crippen LogP contribution in [0.15, 0.2) is 24.3 Å². The predicted molar refractivity (Wildman–Crippen MR) is 83.4 cm³/mol. The summed E-state index contributed by atoms with van der Waals surface area (Å²) in [7, 11) is 0. The van der Waals surface area contributed by atoms with Crippen LogP contribution in [0.4, 0.5) is 0 Å². The van der Waals surface area contributed by atoms with Gasteiger partial charge in [0.05, 0.1) is 5.92 Å². The molecule has 2 aliphatic heterocycles. The van der Waals surface area contributed by atoms with Crippen molar-refractivity contribution in [1.29, 1.82) is 0 Å². The van der Waals surface area contributed by atoms with Crippen molar-refractivity contribution >= 4 is 18.0 Å². The van der Waals surface area contributed by atoms with Crippen LogP contribution in [0.5, 0.6) is 11.5 Å². The average Bonchev–Trinajstić information content (AvgIpc) is 2.59. The summed E-state index contributed by atoms with van der Waals surface area (Å²) >= 11 is 0. The van der Waals surface area contributed by atoms with Crippen LogP contribution in [0.2, 0.25) is 0 Å². The third-order valence-electron chi connectivity index (χ3n) is 4.07. The van der Waals surface area contributed by atoms with Gasteiger partial charge in [-0.25, -0.2) is 0 Å². The summed E-state index contributed by atoms with van der Waals surface area (Å²) in [6, 6.07) is 5.50. The number of fused-ring (bicyclic) bond motifs is 1. The lowest BCUT2D eigenvalue weighted by molar-refractivity contribution is -0.144. The molecule has 1 unspecified atom stereocenters. The number of rotatable bonds is 3. The number of carbonyl (C=O) groups excluding carboxylic acids is 1. The van der Waals surface area contributed by atoms with Crippen LogP contribution in [-0.2, 0) is 9.59 Å². The number of hydrogen-bond donors (Lipinski definition) is 1. The number of ether oxygens (including phenoxy) is 2. The molecule has 2 heterocycles. The summed E-state index contributed by atoms with van der Waals surface area (Å²) in [5, 5.41) is 9.08. The Bertz CT molecular complexity index is 640. The van der Waals surface area contributed by atoms with E-state index in [1.165, 1.54) is 6.08 Å². The van der Waals surface area contributed by atoms with E-state index in [2.05, 4.69) is 0 Å². The lowest BCUT2D eigenvalue weighted by atomic mass is 9.98. The van der Waals surface area contributed by atoms with Gasteiger partial charge in [0.2, 0.25) is 5.91 Å². The van der Waals surface area contributed by atoms with Crippen LogP contribution in [0, 0.1) is 5.92 Å². The number of carbonyl (C=O) groups is 2. The summed E-state index contributed by atoms with van der Waals surface area (Å²) in [5.74, 6) is -0.0747. The van der Waals surface area contributed by atoms with Gasteiger partial charge in [0.25, 0.3) is 0 Å². The first-order valence-electron chi connectivity index (χ1n) is 7.73. The van der Waals surface area contributed by atoms with E-state index in [9.17, 15) is 9.59 Å². The Kier molecular flexibility index (Phi) is 4.50. The number of amides is 1. The number of carboxylic acid groups (broad SMARTS) is 1. The molecule has 1 aromatic carbocycles. The molecular formula is C17H19NO5. The normalized spacial score (nSPS) is 20.5. The summed E-state index contributed by atoms with van der Waals surface area (Å²) in [6.45, 7) is 1.94. The molecule has 6 nitrogen and oxygen atoms in total. The minimum absolute atomic E-state index is 0.161. The molecule has 1 aromatic rings. The quantitative estimate of drug-likeness (QED) is 0.860. The standard InChI is InChI=1S/C17H19NO5/c19-16(18-7-1-2-13(11-18)17(20)21)6-4-12-3-5-14-15(10-12)23-9-8-22-14/h3-6,10,13H,1-2,7-9,11H2,(H,20,21)/b6-4+.